The highest BCUT2D eigenvalue weighted by Gasteiger charge is 2.11. The van der Waals surface area contributed by atoms with Gasteiger partial charge in [-0.15, -0.1) is 0 Å². The van der Waals surface area contributed by atoms with Gasteiger partial charge in [-0.2, -0.15) is 0 Å². The van der Waals surface area contributed by atoms with Gasteiger partial charge in [0.2, 0.25) is 0 Å². The van der Waals surface area contributed by atoms with Crippen molar-refractivity contribution in [1.82, 2.24) is 4.98 Å². The number of amides is 2. The van der Waals surface area contributed by atoms with Gasteiger partial charge in [-0.3, -0.25) is 0 Å². The van der Waals surface area contributed by atoms with Crippen LogP contribution in [0.1, 0.15) is 11.1 Å². The Labute approximate surface area is 186 Å². The summed E-state index contributed by atoms with van der Waals surface area (Å²) in [4.78, 5) is 17.2. The summed E-state index contributed by atoms with van der Waals surface area (Å²) in [5.41, 5.74) is 6.01. The number of carbonyl (C=O) groups excluding carboxylic acids is 1. The van der Waals surface area contributed by atoms with Crippen LogP contribution in [0.2, 0.25) is 5.02 Å². The van der Waals surface area contributed by atoms with Crippen LogP contribution in [0, 0.1) is 13.8 Å². The number of pyridine rings is 1. The summed E-state index contributed by atoms with van der Waals surface area (Å²) in [6, 6.07) is 20.7. The van der Waals surface area contributed by atoms with Crippen molar-refractivity contribution in [3.8, 4) is 17.0 Å². The molecule has 2 N–H and O–H groups in total. The van der Waals surface area contributed by atoms with Crippen molar-refractivity contribution in [2.45, 2.75) is 13.8 Å². The first-order chi connectivity index (χ1) is 14.9. The SMILES string of the molecule is COc1cc(-c2ccc(C)cc2)nc2ccc(NC(=O)Nc3ccc(C)cc3Cl)cc12. The molecule has 4 aromatic rings. The zero-order chi connectivity index (χ0) is 22.0. The molecule has 0 spiro atoms. The number of ether oxygens (including phenoxy) is 1. The number of carbonyl (C=O) groups is 1. The number of rotatable bonds is 4. The molecule has 6 heteroatoms. The van der Waals surface area contributed by atoms with Crippen LogP contribution < -0.4 is 15.4 Å². The normalized spacial score (nSPS) is 10.7. The molecule has 0 aliphatic rings. The third-order valence-electron chi connectivity index (χ3n) is 4.97. The second kappa shape index (κ2) is 8.66. The number of halogens is 1. The summed E-state index contributed by atoms with van der Waals surface area (Å²) < 4.78 is 5.61. The molecular formula is C25H22ClN3O2. The molecule has 0 atom stereocenters. The maximum Gasteiger partial charge on any atom is 0.323 e. The van der Waals surface area contributed by atoms with E-state index in [-0.39, 0.29) is 6.03 Å². The van der Waals surface area contributed by atoms with Crippen LogP contribution in [0.4, 0.5) is 16.2 Å². The lowest BCUT2D eigenvalue weighted by Gasteiger charge is -2.12. The molecule has 0 aliphatic carbocycles. The summed E-state index contributed by atoms with van der Waals surface area (Å²) in [6.07, 6.45) is 0. The standard InChI is InChI=1S/C25H22ClN3O2/c1-15-4-7-17(8-5-15)23-14-24(31-3)19-13-18(9-11-21(19)28-23)27-25(30)29-22-10-6-16(2)12-20(22)26/h4-14H,1-3H3,(H2,27,29,30). The molecule has 0 aliphatic heterocycles. The van der Waals surface area contributed by atoms with Crippen LogP contribution >= 0.6 is 11.6 Å². The topological polar surface area (TPSA) is 63.2 Å². The van der Waals surface area contributed by atoms with E-state index in [9.17, 15) is 4.79 Å². The lowest BCUT2D eigenvalue weighted by molar-refractivity contribution is 0.262. The molecule has 3 aromatic carbocycles. The van der Waals surface area contributed by atoms with Crippen molar-refractivity contribution in [3.05, 3.63) is 82.9 Å². The third kappa shape index (κ3) is 4.62. The number of nitrogens with one attached hydrogen (secondary N) is 2. The Balaban J connectivity index is 1.60. The molecule has 2 amide bonds. The maximum atomic E-state index is 12.4. The lowest BCUT2D eigenvalue weighted by Crippen LogP contribution is -2.19. The first-order valence-corrected chi connectivity index (χ1v) is 10.2. The lowest BCUT2D eigenvalue weighted by atomic mass is 10.1. The molecule has 156 valence electrons. The van der Waals surface area contributed by atoms with Crippen molar-refractivity contribution in [3.63, 3.8) is 0 Å². The van der Waals surface area contributed by atoms with E-state index >= 15 is 0 Å². The summed E-state index contributed by atoms with van der Waals surface area (Å²) in [5, 5.41) is 6.90. The van der Waals surface area contributed by atoms with Crippen LogP contribution in [0.5, 0.6) is 5.75 Å². The van der Waals surface area contributed by atoms with Crippen LogP contribution in [-0.4, -0.2) is 18.1 Å². The fraction of sp³-hybridized carbons (Fsp3) is 0.120. The number of hydrogen-bond acceptors (Lipinski definition) is 3. The largest absolute Gasteiger partial charge is 0.496 e. The van der Waals surface area contributed by atoms with Crippen LogP contribution in [-0.2, 0) is 0 Å². The predicted octanol–water partition coefficient (Wildman–Crippen LogP) is 6.82. The Hall–Kier alpha value is -3.57. The van der Waals surface area contributed by atoms with Gasteiger partial charge in [0.1, 0.15) is 5.75 Å². The van der Waals surface area contributed by atoms with Crippen molar-refractivity contribution in [2.24, 2.45) is 0 Å². The zero-order valence-electron chi connectivity index (χ0n) is 17.5. The van der Waals surface area contributed by atoms with E-state index in [0.29, 0.717) is 22.1 Å². The molecule has 0 saturated heterocycles. The highest BCUT2D eigenvalue weighted by Crippen LogP contribution is 2.32. The Morgan fingerprint density at radius 1 is 0.903 bits per heavy atom. The molecule has 1 heterocycles. The van der Waals surface area contributed by atoms with Crippen LogP contribution in [0.15, 0.2) is 66.7 Å². The van der Waals surface area contributed by atoms with Gasteiger partial charge in [-0.1, -0.05) is 47.5 Å². The van der Waals surface area contributed by atoms with Gasteiger partial charge in [0, 0.05) is 22.7 Å². The van der Waals surface area contributed by atoms with Gasteiger partial charge < -0.3 is 15.4 Å². The number of aromatic nitrogens is 1. The first kappa shape index (κ1) is 20.7. The minimum atomic E-state index is -0.381. The summed E-state index contributed by atoms with van der Waals surface area (Å²) in [5.74, 6) is 0.686. The van der Waals surface area contributed by atoms with E-state index in [1.165, 1.54) is 5.56 Å². The minimum absolute atomic E-state index is 0.381. The van der Waals surface area contributed by atoms with Crippen LogP contribution in [0.3, 0.4) is 0 Å². The van der Waals surface area contributed by atoms with E-state index in [1.807, 2.05) is 49.4 Å². The average molecular weight is 432 g/mol. The van der Waals surface area contributed by atoms with Gasteiger partial charge in [0.25, 0.3) is 0 Å². The number of fused-ring (bicyclic) bond motifs is 1. The van der Waals surface area contributed by atoms with Gasteiger partial charge in [-0.25, -0.2) is 9.78 Å². The molecule has 5 nitrogen and oxygen atoms in total. The first-order valence-electron chi connectivity index (χ1n) is 9.83. The predicted molar refractivity (Wildman–Crippen MR) is 127 cm³/mol. The molecule has 0 saturated carbocycles. The van der Waals surface area contributed by atoms with E-state index in [0.717, 1.165) is 27.7 Å². The molecule has 4 rings (SSSR count). The number of urea groups is 1. The summed E-state index contributed by atoms with van der Waals surface area (Å²) in [7, 11) is 1.62. The maximum absolute atomic E-state index is 12.4. The summed E-state index contributed by atoms with van der Waals surface area (Å²) >= 11 is 6.20. The fourth-order valence-corrected chi connectivity index (χ4v) is 3.60. The molecular weight excluding hydrogens is 410 g/mol. The molecule has 31 heavy (non-hydrogen) atoms. The smallest absolute Gasteiger partial charge is 0.323 e. The zero-order valence-corrected chi connectivity index (χ0v) is 18.2. The Morgan fingerprint density at radius 3 is 2.35 bits per heavy atom. The van der Waals surface area contributed by atoms with Gasteiger partial charge in [0.05, 0.1) is 29.0 Å². The van der Waals surface area contributed by atoms with Gasteiger partial charge in [-0.05, 0) is 49.7 Å². The number of anilines is 2. The number of aryl methyl sites for hydroxylation is 2. The quantitative estimate of drug-likeness (QED) is 0.372. The minimum Gasteiger partial charge on any atom is -0.496 e. The molecule has 0 unspecified atom stereocenters. The second-order valence-corrected chi connectivity index (χ2v) is 7.78. The third-order valence-corrected chi connectivity index (χ3v) is 5.28. The Kier molecular flexibility index (Phi) is 5.78. The van der Waals surface area contributed by atoms with Crippen molar-refractivity contribution in [2.75, 3.05) is 17.7 Å². The molecule has 0 bridgehead atoms. The van der Waals surface area contributed by atoms with Gasteiger partial charge >= 0.3 is 6.03 Å². The Bertz CT molecular complexity index is 1270. The highest BCUT2D eigenvalue weighted by atomic mass is 35.5. The van der Waals surface area contributed by atoms with Crippen LogP contribution in [0.25, 0.3) is 22.2 Å². The van der Waals surface area contributed by atoms with E-state index in [1.54, 1.807) is 19.2 Å². The number of hydrogen-bond donors (Lipinski definition) is 2. The van der Waals surface area contributed by atoms with E-state index in [2.05, 4.69) is 29.7 Å². The fourth-order valence-electron chi connectivity index (χ4n) is 3.32. The van der Waals surface area contributed by atoms with Crippen molar-refractivity contribution < 1.29 is 9.53 Å². The summed E-state index contributed by atoms with van der Waals surface area (Å²) in [6.45, 7) is 3.99. The number of methoxy groups -OCH3 is 1. The number of benzene rings is 3. The van der Waals surface area contributed by atoms with Gasteiger partial charge in [0.15, 0.2) is 0 Å². The molecule has 0 fully saturated rings. The molecule has 0 radical (unpaired) electrons. The molecule has 1 aromatic heterocycles. The average Bonchev–Trinajstić information content (AvgIpc) is 2.75. The van der Waals surface area contributed by atoms with Crippen molar-refractivity contribution in [1.29, 1.82) is 0 Å². The Morgan fingerprint density at radius 2 is 1.65 bits per heavy atom. The monoisotopic (exact) mass is 431 g/mol. The van der Waals surface area contributed by atoms with E-state index in [4.69, 9.17) is 21.3 Å². The highest BCUT2D eigenvalue weighted by molar-refractivity contribution is 6.33. The number of nitrogens with zero attached hydrogens (tertiary/aromatic N) is 1. The second-order valence-electron chi connectivity index (χ2n) is 7.37. The van der Waals surface area contributed by atoms with Crippen molar-refractivity contribution >= 4 is 39.9 Å². The van der Waals surface area contributed by atoms with E-state index < -0.39 is 0 Å².